The Labute approximate surface area is 115 Å². The Morgan fingerprint density at radius 2 is 2.16 bits per heavy atom. The summed E-state index contributed by atoms with van der Waals surface area (Å²) in [4.78, 5) is 14.1. The van der Waals surface area contributed by atoms with Crippen LogP contribution in [0.3, 0.4) is 0 Å². The van der Waals surface area contributed by atoms with Crippen LogP contribution in [0, 0.1) is 0 Å². The predicted molar refractivity (Wildman–Crippen MR) is 75.2 cm³/mol. The van der Waals surface area contributed by atoms with Gasteiger partial charge in [-0.05, 0) is 33.9 Å². The van der Waals surface area contributed by atoms with E-state index in [0.29, 0.717) is 12.2 Å². The summed E-state index contributed by atoms with van der Waals surface area (Å²) in [6.45, 7) is 6.96. The highest BCUT2D eigenvalue weighted by molar-refractivity contribution is 5.92. The van der Waals surface area contributed by atoms with Crippen LogP contribution in [0.15, 0.2) is 10.6 Å². The molecule has 5 nitrogen and oxygen atoms in total. The van der Waals surface area contributed by atoms with Crippen LogP contribution >= 0.6 is 0 Å². The van der Waals surface area contributed by atoms with Crippen molar-refractivity contribution in [2.45, 2.75) is 45.6 Å². The number of carbonyl (C=O) groups excluding carboxylic acids is 1. The summed E-state index contributed by atoms with van der Waals surface area (Å²) in [5.74, 6) is 0.567. The molecule has 0 aliphatic rings. The molecule has 0 aliphatic carbocycles. The minimum absolute atomic E-state index is 0.103. The molecule has 0 radical (unpaired) electrons. The van der Waals surface area contributed by atoms with Gasteiger partial charge in [-0.1, -0.05) is 19.0 Å². The Kier molecular flexibility index (Phi) is 5.54. The van der Waals surface area contributed by atoms with E-state index in [4.69, 9.17) is 4.52 Å². The van der Waals surface area contributed by atoms with Crippen LogP contribution in [0.1, 0.15) is 49.9 Å². The van der Waals surface area contributed by atoms with Crippen LogP contribution in [0.4, 0.5) is 0 Å². The van der Waals surface area contributed by atoms with Crippen LogP contribution in [0.2, 0.25) is 0 Å². The minimum Gasteiger partial charge on any atom is -0.361 e. The van der Waals surface area contributed by atoms with E-state index >= 15 is 0 Å². The third kappa shape index (κ3) is 4.06. The molecule has 0 saturated carbocycles. The van der Waals surface area contributed by atoms with E-state index < -0.39 is 0 Å². The van der Waals surface area contributed by atoms with E-state index in [1.807, 2.05) is 6.92 Å². The van der Waals surface area contributed by atoms with Crippen molar-refractivity contribution < 1.29 is 9.32 Å². The van der Waals surface area contributed by atoms with Crippen molar-refractivity contribution in [3.8, 4) is 0 Å². The van der Waals surface area contributed by atoms with Crippen LogP contribution in [-0.2, 0) is 6.42 Å². The quantitative estimate of drug-likeness (QED) is 0.822. The largest absolute Gasteiger partial charge is 0.361 e. The van der Waals surface area contributed by atoms with Crippen molar-refractivity contribution in [1.82, 2.24) is 15.4 Å². The molecule has 0 spiro atoms. The Morgan fingerprint density at radius 3 is 2.63 bits per heavy atom. The van der Waals surface area contributed by atoms with E-state index in [1.165, 1.54) is 0 Å². The van der Waals surface area contributed by atoms with Crippen molar-refractivity contribution in [2.75, 3.05) is 20.6 Å². The molecule has 1 N–H and O–H groups in total. The lowest BCUT2D eigenvalue weighted by atomic mass is 9.93. The molecule has 0 aromatic carbocycles. The molecule has 1 atom stereocenters. The average Bonchev–Trinajstić information content (AvgIpc) is 2.86. The highest BCUT2D eigenvalue weighted by atomic mass is 16.5. The van der Waals surface area contributed by atoms with E-state index in [2.05, 4.69) is 43.3 Å². The van der Waals surface area contributed by atoms with Gasteiger partial charge in [0.05, 0.1) is 0 Å². The zero-order chi connectivity index (χ0) is 14.5. The van der Waals surface area contributed by atoms with Gasteiger partial charge >= 0.3 is 0 Å². The Hall–Kier alpha value is -1.36. The molecule has 0 aliphatic heterocycles. The topological polar surface area (TPSA) is 58.4 Å². The first-order chi connectivity index (χ1) is 8.92. The van der Waals surface area contributed by atoms with Crippen molar-refractivity contribution in [1.29, 1.82) is 0 Å². The zero-order valence-corrected chi connectivity index (χ0v) is 12.6. The van der Waals surface area contributed by atoms with E-state index in [1.54, 1.807) is 6.07 Å². The fourth-order valence-electron chi connectivity index (χ4n) is 1.84. The lowest BCUT2D eigenvalue weighted by Gasteiger charge is -2.35. The minimum atomic E-state index is -0.166. The van der Waals surface area contributed by atoms with Crippen LogP contribution < -0.4 is 5.32 Å². The van der Waals surface area contributed by atoms with Crippen LogP contribution in [0.25, 0.3) is 0 Å². The Balaban J connectivity index is 2.46. The predicted octanol–water partition coefficient (Wildman–Crippen LogP) is 2.09. The smallest absolute Gasteiger partial charge is 0.273 e. The number of amides is 1. The van der Waals surface area contributed by atoms with Gasteiger partial charge in [0, 0.05) is 24.6 Å². The number of hydrogen-bond donors (Lipinski definition) is 1. The van der Waals surface area contributed by atoms with Gasteiger partial charge in [0.2, 0.25) is 0 Å². The fraction of sp³-hybridized carbons (Fsp3) is 0.714. The van der Waals surface area contributed by atoms with E-state index in [-0.39, 0.29) is 11.4 Å². The number of carbonyl (C=O) groups is 1. The molecule has 1 amide bonds. The first-order valence-electron chi connectivity index (χ1n) is 6.84. The summed E-state index contributed by atoms with van der Waals surface area (Å²) in [6.07, 6.45) is 2.69. The maximum Gasteiger partial charge on any atom is 0.273 e. The Morgan fingerprint density at radius 1 is 1.47 bits per heavy atom. The molecule has 1 rings (SSSR count). The van der Waals surface area contributed by atoms with Gasteiger partial charge in [0.15, 0.2) is 5.69 Å². The summed E-state index contributed by atoms with van der Waals surface area (Å²) in [6, 6.07) is 1.69. The first-order valence-corrected chi connectivity index (χ1v) is 6.84. The zero-order valence-electron chi connectivity index (χ0n) is 12.6. The fourth-order valence-corrected chi connectivity index (χ4v) is 1.84. The molecule has 19 heavy (non-hydrogen) atoms. The van der Waals surface area contributed by atoms with E-state index in [9.17, 15) is 4.79 Å². The second-order valence-corrected chi connectivity index (χ2v) is 5.28. The van der Waals surface area contributed by atoms with Crippen molar-refractivity contribution in [3.05, 3.63) is 17.5 Å². The summed E-state index contributed by atoms with van der Waals surface area (Å²) < 4.78 is 5.02. The monoisotopic (exact) mass is 267 g/mol. The number of rotatable bonds is 7. The van der Waals surface area contributed by atoms with Gasteiger partial charge in [-0.15, -0.1) is 0 Å². The highest BCUT2D eigenvalue weighted by Crippen LogP contribution is 2.19. The first kappa shape index (κ1) is 15.7. The van der Waals surface area contributed by atoms with Crippen LogP contribution in [-0.4, -0.2) is 42.1 Å². The molecule has 0 bridgehead atoms. The van der Waals surface area contributed by atoms with Crippen molar-refractivity contribution in [2.24, 2.45) is 0 Å². The third-order valence-corrected chi connectivity index (χ3v) is 3.93. The SMILES string of the molecule is CCc1cc(C(=O)NCCC(C)(CC)N(C)C)no1. The Bertz CT molecular complexity index is 415. The summed E-state index contributed by atoms with van der Waals surface area (Å²) in [5.41, 5.74) is 0.464. The number of nitrogens with zero attached hydrogens (tertiary/aromatic N) is 2. The lowest BCUT2D eigenvalue weighted by molar-refractivity contribution is 0.0928. The summed E-state index contributed by atoms with van der Waals surface area (Å²) in [5, 5.41) is 6.65. The second kappa shape index (κ2) is 6.70. The molecule has 5 heteroatoms. The lowest BCUT2D eigenvalue weighted by Crippen LogP contribution is -2.43. The molecule has 0 fully saturated rings. The van der Waals surface area contributed by atoms with Crippen molar-refractivity contribution in [3.63, 3.8) is 0 Å². The molecule has 1 heterocycles. The van der Waals surface area contributed by atoms with Gasteiger partial charge in [-0.3, -0.25) is 4.79 Å². The van der Waals surface area contributed by atoms with Gasteiger partial charge in [0.1, 0.15) is 5.76 Å². The molecule has 108 valence electrons. The summed E-state index contributed by atoms with van der Waals surface area (Å²) >= 11 is 0. The van der Waals surface area contributed by atoms with Gasteiger partial charge in [-0.2, -0.15) is 0 Å². The third-order valence-electron chi connectivity index (χ3n) is 3.93. The number of aromatic nitrogens is 1. The molecule has 1 aromatic rings. The van der Waals surface area contributed by atoms with E-state index in [0.717, 1.165) is 25.0 Å². The maximum absolute atomic E-state index is 11.9. The number of aryl methyl sites for hydroxylation is 1. The molecular formula is C14H25N3O2. The summed E-state index contributed by atoms with van der Waals surface area (Å²) in [7, 11) is 4.13. The van der Waals surface area contributed by atoms with Gasteiger partial charge < -0.3 is 14.7 Å². The van der Waals surface area contributed by atoms with Crippen LogP contribution in [0.5, 0.6) is 0 Å². The second-order valence-electron chi connectivity index (χ2n) is 5.28. The normalized spacial score (nSPS) is 14.4. The highest BCUT2D eigenvalue weighted by Gasteiger charge is 2.24. The van der Waals surface area contributed by atoms with Gasteiger partial charge in [-0.25, -0.2) is 0 Å². The number of nitrogens with one attached hydrogen (secondary N) is 1. The van der Waals surface area contributed by atoms with Crippen molar-refractivity contribution >= 4 is 5.91 Å². The molecule has 1 unspecified atom stereocenters. The maximum atomic E-state index is 11.9. The van der Waals surface area contributed by atoms with Gasteiger partial charge in [0.25, 0.3) is 5.91 Å². The molecule has 0 saturated heterocycles. The molecular weight excluding hydrogens is 242 g/mol. The number of hydrogen-bond acceptors (Lipinski definition) is 4. The standard InChI is InChI=1S/C14H25N3O2/c1-6-11-10-12(16-19-11)13(18)15-9-8-14(3,7-2)17(4)5/h10H,6-9H2,1-5H3,(H,15,18). The molecule has 1 aromatic heterocycles. The average molecular weight is 267 g/mol.